The molecule has 17 heavy (non-hydrogen) atoms. The Hall–Kier alpha value is -0.0800. The van der Waals surface area contributed by atoms with Crippen molar-refractivity contribution in [1.82, 2.24) is 10.2 Å². The quantitative estimate of drug-likeness (QED) is 0.591. The van der Waals surface area contributed by atoms with Gasteiger partial charge in [0.05, 0.1) is 0 Å². The van der Waals surface area contributed by atoms with Crippen LogP contribution in [0.3, 0.4) is 0 Å². The molecule has 0 radical (unpaired) electrons. The third-order valence-corrected chi connectivity index (χ3v) is 3.34. The van der Waals surface area contributed by atoms with E-state index >= 15 is 0 Å². The van der Waals surface area contributed by atoms with Crippen molar-refractivity contribution in [2.45, 2.75) is 59.9 Å². The van der Waals surface area contributed by atoms with Crippen molar-refractivity contribution in [1.29, 1.82) is 0 Å². The summed E-state index contributed by atoms with van der Waals surface area (Å²) >= 11 is 0. The van der Waals surface area contributed by atoms with Gasteiger partial charge in [0.1, 0.15) is 0 Å². The molecule has 2 heteroatoms. The van der Waals surface area contributed by atoms with Crippen LogP contribution in [0.25, 0.3) is 0 Å². The molecule has 0 saturated heterocycles. The molecular weight excluding hydrogens is 208 g/mol. The van der Waals surface area contributed by atoms with Gasteiger partial charge in [-0.05, 0) is 64.7 Å². The zero-order valence-electron chi connectivity index (χ0n) is 12.9. The highest BCUT2D eigenvalue weighted by molar-refractivity contribution is 4.65. The second-order valence-electron chi connectivity index (χ2n) is 6.25. The Labute approximate surface area is 109 Å². The van der Waals surface area contributed by atoms with E-state index in [-0.39, 0.29) is 0 Å². The van der Waals surface area contributed by atoms with Crippen molar-refractivity contribution in [3.63, 3.8) is 0 Å². The van der Waals surface area contributed by atoms with Crippen LogP contribution in [-0.4, -0.2) is 37.6 Å². The molecule has 1 N–H and O–H groups in total. The first-order valence-electron chi connectivity index (χ1n) is 7.34. The topological polar surface area (TPSA) is 15.3 Å². The zero-order chi connectivity index (χ0) is 13.3. The molecular formula is C15H34N2. The minimum absolute atomic E-state index is 0.717. The monoisotopic (exact) mass is 242 g/mol. The first-order chi connectivity index (χ1) is 7.93. The molecule has 0 heterocycles. The molecule has 2 nitrogen and oxygen atoms in total. The van der Waals surface area contributed by atoms with Crippen molar-refractivity contribution in [3.05, 3.63) is 0 Å². The molecule has 0 aromatic rings. The third kappa shape index (κ3) is 10.8. The fourth-order valence-corrected chi connectivity index (χ4v) is 1.82. The van der Waals surface area contributed by atoms with Gasteiger partial charge in [0.25, 0.3) is 0 Å². The highest BCUT2D eigenvalue weighted by atomic mass is 15.1. The maximum atomic E-state index is 3.51. The van der Waals surface area contributed by atoms with Crippen LogP contribution in [0.1, 0.15) is 53.9 Å². The Morgan fingerprint density at radius 2 is 1.59 bits per heavy atom. The predicted octanol–water partition coefficient (Wildman–Crippen LogP) is 3.38. The Morgan fingerprint density at radius 1 is 0.941 bits per heavy atom. The standard InChI is InChI=1S/C15H34N2/c1-13(2)9-11-17(6)15(5)8-7-10-16-12-14(3)4/h13-16H,7-12H2,1-6H3. The average molecular weight is 242 g/mol. The van der Waals surface area contributed by atoms with Crippen LogP contribution in [0.2, 0.25) is 0 Å². The van der Waals surface area contributed by atoms with E-state index in [1.54, 1.807) is 0 Å². The molecule has 0 saturated carbocycles. The summed E-state index contributed by atoms with van der Waals surface area (Å²) in [5.74, 6) is 1.58. The second-order valence-corrected chi connectivity index (χ2v) is 6.25. The fourth-order valence-electron chi connectivity index (χ4n) is 1.82. The minimum Gasteiger partial charge on any atom is -0.316 e. The van der Waals surface area contributed by atoms with Gasteiger partial charge in [-0.15, -0.1) is 0 Å². The van der Waals surface area contributed by atoms with E-state index < -0.39 is 0 Å². The Morgan fingerprint density at radius 3 is 2.12 bits per heavy atom. The van der Waals surface area contributed by atoms with E-state index in [4.69, 9.17) is 0 Å². The van der Waals surface area contributed by atoms with Crippen LogP contribution in [0.15, 0.2) is 0 Å². The molecule has 1 atom stereocenters. The molecule has 0 rings (SSSR count). The predicted molar refractivity (Wildman–Crippen MR) is 78.5 cm³/mol. The molecule has 0 aliphatic carbocycles. The van der Waals surface area contributed by atoms with Gasteiger partial charge in [-0.3, -0.25) is 0 Å². The van der Waals surface area contributed by atoms with Crippen molar-refractivity contribution in [2.24, 2.45) is 11.8 Å². The summed E-state index contributed by atoms with van der Waals surface area (Å²) in [4.78, 5) is 2.50. The summed E-state index contributed by atoms with van der Waals surface area (Å²) in [5, 5.41) is 3.51. The number of hydrogen-bond donors (Lipinski definition) is 1. The van der Waals surface area contributed by atoms with Gasteiger partial charge in [-0.25, -0.2) is 0 Å². The molecule has 1 unspecified atom stereocenters. The summed E-state index contributed by atoms with van der Waals surface area (Å²) in [6.07, 6.45) is 3.91. The molecule has 0 spiro atoms. The molecule has 0 fully saturated rings. The molecule has 0 aliphatic rings. The van der Waals surface area contributed by atoms with Crippen molar-refractivity contribution >= 4 is 0 Å². The van der Waals surface area contributed by atoms with Crippen LogP contribution < -0.4 is 5.32 Å². The van der Waals surface area contributed by atoms with Gasteiger partial charge in [-0.1, -0.05) is 27.7 Å². The maximum Gasteiger partial charge on any atom is 0.00643 e. The van der Waals surface area contributed by atoms with E-state index in [1.807, 2.05) is 0 Å². The third-order valence-electron chi connectivity index (χ3n) is 3.34. The van der Waals surface area contributed by atoms with E-state index in [1.165, 1.54) is 32.4 Å². The first-order valence-corrected chi connectivity index (χ1v) is 7.34. The highest BCUT2D eigenvalue weighted by Gasteiger charge is 2.08. The lowest BCUT2D eigenvalue weighted by atomic mass is 10.1. The molecule has 0 aromatic heterocycles. The fraction of sp³-hybridized carbons (Fsp3) is 1.00. The Bertz CT molecular complexity index is 166. The van der Waals surface area contributed by atoms with Crippen LogP contribution in [-0.2, 0) is 0 Å². The zero-order valence-corrected chi connectivity index (χ0v) is 12.9. The summed E-state index contributed by atoms with van der Waals surface area (Å²) in [6.45, 7) is 15.0. The Balaban J connectivity index is 3.46. The highest BCUT2D eigenvalue weighted by Crippen LogP contribution is 2.07. The largest absolute Gasteiger partial charge is 0.316 e. The van der Waals surface area contributed by atoms with Gasteiger partial charge in [0.2, 0.25) is 0 Å². The average Bonchev–Trinajstić information content (AvgIpc) is 2.24. The SMILES string of the molecule is CC(C)CCN(C)C(C)CCCNCC(C)C. The normalized spacial score (nSPS) is 13.9. The minimum atomic E-state index is 0.717. The summed E-state index contributed by atoms with van der Waals surface area (Å²) < 4.78 is 0. The van der Waals surface area contributed by atoms with E-state index in [2.05, 4.69) is 51.9 Å². The van der Waals surface area contributed by atoms with E-state index in [9.17, 15) is 0 Å². The lowest BCUT2D eigenvalue weighted by Crippen LogP contribution is -2.31. The van der Waals surface area contributed by atoms with Gasteiger partial charge in [0, 0.05) is 6.04 Å². The van der Waals surface area contributed by atoms with Gasteiger partial charge < -0.3 is 10.2 Å². The van der Waals surface area contributed by atoms with Crippen molar-refractivity contribution < 1.29 is 0 Å². The molecule has 0 bridgehead atoms. The van der Waals surface area contributed by atoms with Crippen molar-refractivity contribution in [3.8, 4) is 0 Å². The molecule has 0 amide bonds. The summed E-state index contributed by atoms with van der Waals surface area (Å²) in [5.41, 5.74) is 0. The molecule has 0 aromatic carbocycles. The smallest absolute Gasteiger partial charge is 0.00643 e. The Kier molecular flexibility index (Phi) is 9.85. The van der Waals surface area contributed by atoms with E-state index in [0.717, 1.165) is 24.4 Å². The lowest BCUT2D eigenvalue weighted by Gasteiger charge is -2.25. The maximum absolute atomic E-state index is 3.51. The number of rotatable bonds is 10. The number of nitrogens with one attached hydrogen (secondary N) is 1. The van der Waals surface area contributed by atoms with E-state index in [0.29, 0.717) is 0 Å². The second kappa shape index (κ2) is 9.90. The van der Waals surface area contributed by atoms with Gasteiger partial charge in [-0.2, -0.15) is 0 Å². The number of hydrogen-bond acceptors (Lipinski definition) is 2. The van der Waals surface area contributed by atoms with Crippen LogP contribution >= 0.6 is 0 Å². The van der Waals surface area contributed by atoms with Crippen LogP contribution in [0.4, 0.5) is 0 Å². The first kappa shape index (κ1) is 16.9. The summed E-state index contributed by atoms with van der Waals surface area (Å²) in [7, 11) is 2.26. The molecule has 0 aliphatic heterocycles. The summed E-state index contributed by atoms with van der Waals surface area (Å²) in [6, 6.07) is 0.717. The van der Waals surface area contributed by atoms with Gasteiger partial charge >= 0.3 is 0 Å². The van der Waals surface area contributed by atoms with Crippen molar-refractivity contribution in [2.75, 3.05) is 26.7 Å². The number of nitrogens with zero attached hydrogens (tertiary/aromatic N) is 1. The van der Waals surface area contributed by atoms with Crippen LogP contribution in [0.5, 0.6) is 0 Å². The lowest BCUT2D eigenvalue weighted by molar-refractivity contribution is 0.229. The van der Waals surface area contributed by atoms with Crippen LogP contribution in [0, 0.1) is 11.8 Å². The van der Waals surface area contributed by atoms with Gasteiger partial charge in [0.15, 0.2) is 0 Å². The molecule has 104 valence electrons.